The molecule has 17 heteroatoms. The van der Waals surface area contributed by atoms with Gasteiger partial charge in [-0.3, -0.25) is 0 Å². The topological polar surface area (TPSA) is 195 Å². The van der Waals surface area contributed by atoms with E-state index in [9.17, 15) is 40.9 Å². The molecule has 9 N–H and O–H groups in total. The Kier molecular flexibility index (Phi) is 18.8. The van der Waals surface area contributed by atoms with Crippen molar-refractivity contribution in [2.45, 2.75) is 54.3 Å². The van der Waals surface area contributed by atoms with Crippen LogP contribution in [0.2, 0.25) is 0 Å². The third kappa shape index (κ3) is 6.68. The van der Waals surface area contributed by atoms with E-state index in [2.05, 4.69) is 10.3 Å². The van der Waals surface area contributed by atoms with Crippen molar-refractivity contribution in [1.82, 2.24) is 5.32 Å². The molecule has 0 aromatic carbocycles. The Morgan fingerprint density at radius 1 is 0.903 bits per heavy atom. The highest BCUT2D eigenvalue weighted by Crippen LogP contribution is 2.36. The van der Waals surface area contributed by atoms with Gasteiger partial charge in [-0.15, -0.1) is 0 Å². The molecule has 1 saturated heterocycles. The van der Waals surface area contributed by atoms with Gasteiger partial charge in [0.25, 0.3) is 6.02 Å². The summed E-state index contributed by atoms with van der Waals surface area (Å²) in [6.45, 7) is -1.37. The number of aliphatic hydroxyl groups excluding tert-OH is 7. The fraction of sp³-hybridized carbons (Fsp3) is 0.786. The van der Waals surface area contributed by atoms with Crippen molar-refractivity contribution in [3.63, 3.8) is 0 Å². The maximum Gasteiger partial charge on any atom is 0.286 e. The first-order valence-corrected chi connectivity index (χ1v) is 7.80. The predicted molar refractivity (Wildman–Crippen MR) is 143 cm³/mol. The van der Waals surface area contributed by atoms with Crippen LogP contribution in [0.3, 0.4) is 0 Å². The smallest absolute Gasteiger partial charge is 0.286 e. The molecule has 0 radical (unpaired) electrons. The molecule has 31 heavy (non-hydrogen) atoms. The van der Waals surface area contributed by atoms with Crippen LogP contribution in [-0.4, -0.2) is 114 Å². The highest BCUT2D eigenvalue weighted by atomic mass is 32.1. The summed E-state index contributed by atoms with van der Waals surface area (Å²) < 4.78 is 5.36. The quantitative estimate of drug-likeness (QED) is 0.150. The zero-order valence-electron chi connectivity index (χ0n) is 16.0. The monoisotopic (exact) mass is 566 g/mol. The van der Waals surface area contributed by atoms with Crippen LogP contribution in [0.5, 0.6) is 0 Å². The van der Waals surface area contributed by atoms with E-state index < -0.39 is 67.5 Å². The second-order valence-electron chi connectivity index (χ2n) is 6.54. The largest absolute Gasteiger partial charge is 0.457 e. The fourth-order valence-electron chi connectivity index (χ4n) is 3.46. The molecule has 11 nitrogen and oxygen atoms in total. The molecule has 1 heterocycles. The Labute approximate surface area is 221 Å². The number of hydrogen-bond acceptors (Lipinski definition) is 10. The van der Waals surface area contributed by atoms with Gasteiger partial charge < -0.3 is 50.9 Å². The van der Waals surface area contributed by atoms with Crippen LogP contribution in [0.15, 0.2) is 16.6 Å². The highest BCUT2D eigenvalue weighted by Gasteiger charge is 2.63. The van der Waals surface area contributed by atoms with Gasteiger partial charge >= 0.3 is 0 Å². The Balaban J connectivity index is -0.000000607. The maximum absolute atomic E-state index is 10.3. The van der Waals surface area contributed by atoms with Crippen LogP contribution in [-0.2, 0) is 4.74 Å². The first-order valence-electron chi connectivity index (χ1n) is 7.80. The van der Waals surface area contributed by atoms with Crippen LogP contribution in [0.4, 0.5) is 0 Å². The molecule has 3 rings (SSSR count). The lowest BCUT2D eigenvalue weighted by atomic mass is 9.88. The SMILES string of the molecule is OCC1=C[C@H](N=C2N[C@@H]3[C@H](O2)C(O)[C@H](O)C3(O)CO)[C@H](O)[C@@H](O)[C@@H]1O.S.S.S.S.S.S. The molecule has 9 atom stereocenters. The molecule has 1 aliphatic heterocycles. The lowest BCUT2D eigenvalue weighted by Crippen LogP contribution is -2.56. The van der Waals surface area contributed by atoms with Crippen LogP contribution in [0.25, 0.3) is 0 Å². The van der Waals surface area contributed by atoms with E-state index in [0.717, 1.165) is 0 Å². The van der Waals surface area contributed by atoms with Crippen LogP contribution in [0, 0.1) is 0 Å². The number of nitrogens with zero attached hydrogens (tertiary/aromatic N) is 1. The van der Waals surface area contributed by atoms with Gasteiger partial charge in [0, 0.05) is 0 Å². The lowest BCUT2D eigenvalue weighted by molar-refractivity contribution is -0.119. The summed E-state index contributed by atoms with van der Waals surface area (Å²) >= 11 is 0. The van der Waals surface area contributed by atoms with Gasteiger partial charge in [0.05, 0.1) is 13.2 Å². The van der Waals surface area contributed by atoms with Crippen molar-refractivity contribution < 1.29 is 45.6 Å². The van der Waals surface area contributed by atoms with Crippen molar-refractivity contribution in [2.24, 2.45) is 4.99 Å². The Morgan fingerprint density at radius 3 is 1.94 bits per heavy atom. The second kappa shape index (κ2) is 14.9. The van der Waals surface area contributed by atoms with E-state index in [1.54, 1.807) is 0 Å². The Morgan fingerprint density at radius 2 is 1.45 bits per heavy atom. The molecule has 0 aromatic heterocycles. The zero-order chi connectivity index (χ0) is 18.5. The number of hydrogen-bond donors (Lipinski definition) is 9. The summed E-state index contributed by atoms with van der Waals surface area (Å²) in [5.74, 6) is 0. The van der Waals surface area contributed by atoms with Crippen LogP contribution < -0.4 is 5.32 Å². The standard InChI is InChI=1S/C14H22N2O9.6H2S/c17-2-4-1-5(7(20)8(21)6(4)19)15-13-16-11-10(25-13)9(22)12(23)14(11,24)3-18;;;;;;/h1,5-12,17-24H,2-3H2,(H,15,16);6*1H2/t5-,6+,7-,8-,9?,10+,11+,12-,14?;;;;;;/m0....../s1. The van der Waals surface area contributed by atoms with Gasteiger partial charge in [-0.05, 0) is 5.57 Å². The average Bonchev–Trinajstić information content (AvgIpc) is 3.10. The number of nitrogens with one attached hydrogen (secondary N) is 1. The molecule has 2 aliphatic carbocycles. The van der Waals surface area contributed by atoms with Crippen molar-refractivity contribution in [2.75, 3.05) is 13.2 Å². The summed E-state index contributed by atoms with van der Waals surface area (Å²) in [5.41, 5.74) is -1.97. The molecule has 0 bridgehead atoms. The van der Waals surface area contributed by atoms with Crippen molar-refractivity contribution in [3.05, 3.63) is 11.6 Å². The minimum atomic E-state index is -2.05. The summed E-state index contributed by atoms with van der Waals surface area (Å²) in [6, 6.07) is -2.29. The van der Waals surface area contributed by atoms with Crippen molar-refractivity contribution >= 4 is 87.0 Å². The van der Waals surface area contributed by atoms with Crippen LogP contribution >= 0.6 is 81.0 Å². The number of ether oxygens (including phenoxy) is 1. The molecule has 2 unspecified atom stereocenters. The number of rotatable bonds is 3. The summed E-state index contributed by atoms with van der Waals surface area (Å²) in [7, 11) is 0. The average molecular weight is 567 g/mol. The molecule has 0 amide bonds. The molecule has 0 spiro atoms. The van der Waals surface area contributed by atoms with E-state index >= 15 is 0 Å². The molecule has 0 aromatic rings. The van der Waals surface area contributed by atoms with Gasteiger partial charge in [-0.1, -0.05) is 6.08 Å². The Bertz CT molecular complexity index is 607. The minimum absolute atomic E-state index is 0. The van der Waals surface area contributed by atoms with Gasteiger partial charge in [-0.2, -0.15) is 81.0 Å². The first kappa shape index (κ1) is 39.0. The number of amidine groups is 1. The van der Waals surface area contributed by atoms with Gasteiger partial charge in [0.15, 0.2) is 6.10 Å². The van der Waals surface area contributed by atoms with E-state index in [-0.39, 0.29) is 92.6 Å². The molecule has 1 saturated carbocycles. The molecular weight excluding hydrogens is 533 g/mol. The first-order chi connectivity index (χ1) is 11.7. The number of fused-ring (bicyclic) bond motifs is 1. The van der Waals surface area contributed by atoms with Crippen molar-refractivity contribution in [1.29, 1.82) is 0 Å². The summed E-state index contributed by atoms with van der Waals surface area (Å²) in [6.07, 6.45) is -7.37. The van der Waals surface area contributed by atoms with Gasteiger partial charge in [-0.25, -0.2) is 4.99 Å². The maximum atomic E-state index is 10.3. The van der Waals surface area contributed by atoms with E-state index in [4.69, 9.17) is 4.74 Å². The number of aliphatic hydroxyl groups is 8. The third-order valence-electron chi connectivity index (χ3n) is 5.06. The second-order valence-corrected chi connectivity index (χ2v) is 6.54. The highest BCUT2D eigenvalue weighted by molar-refractivity contribution is 7.60. The van der Waals surface area contributed by atoms with Gasteiger partial charge in [0.1, 0.15) is 48.2 Å². The summed E-state index contributed by atoms with van der Waals surface area (Å²) in [5, 5.41) is 80.9. The normalized spacial score (nSPS) is 41.2. The Hall–Kier alpha value is 0.790. The minimum Gasteiger partial charge on any atom is -0.457 e. The number of aliphatic imine (C=N–C) groups is 1. The fourth-order valence-corrected chi connectivity index (χ4v) is 3.46. The predicted octanol–water partition coefficient (Wildman–Crippen LogP) is -4.78. The zero-order valence-corrected chi connectivity index (χ0v) is 22.0. The van der Waals surface area contributed by atoms with Gasteiger partial charge in [0.2, 0.25) is 0 Å². The van der Waals surface area contributed by atoms with E-state index in [1.807, 2.05) is 0 Å². The van der Waals surface area contributed by atoms with E-state index in [1.165, 1.54) is 6.08 Å². The molecule has 2 fully saturated rings. The lowest BCUT2D eigenvalue weighted by Gasteiger charge is -2.32. The molecule has 190 valence electrons. The van der Waals surface area contributed by atoms with Crippen LogP contribution in [0.1, 0.15) is 0 Å². The molecule has 3 aliphatic rings. The van der Waals surface area contributed by atoms with Crippen molar-refractivity contribution in [3.8, 4) is 0 Å². The summed E-state index contributed by atoms with van der Waals surface area (Å²) in [4.78, 5) is 4.03. The third-order valence-corrected chi connectivity index (χ3v) is 5.06. The van der Waals surface area contributed by atoms with E-state index in [0.29, 0.717) is 0 Å². The molecular formula is C14H34N2O9S6.